The van der Waals surface area contributed by atoms with Crippen LogP contribution in [-0.4, -0.2) is 60.2 Å². The molecule has 1 aliphatic heterocycles. The minimum atomic E-state index is 0.133. The van der Waals surface area contributed by atoms with Gasteiger partial charge < -0.3 is 14.5 Å². The summed E-state index contributed by atoms with van der Waals surface area (Å²) >= 11 is 12.8. The van der Waals surface area contributed by atoms with Gasteiger partial charge in [-0.15, -0.1) is 0 Å². The summed E-state index contributed by atoms with van der Waals surface area (Å²) in [6.07, 6.45) is 1.91. The number of anilines is 1. The van der Waals surface area contributed by atoms with Crippen LogP contribution in [0, 0.1) is 0 Å². The van der Waals surface area contributed by atoms with Crippen molar-refractivity contribution in [3.63, 3.8) is 0 Å². The molecule has 4 rings (SSSR count). The van der Waals surface area contributed by atoms with Crippen molar-refractivity contribution in [1.82, 2.24) is 14.9 Å². The molecule has 1 aromatic heterocycles. The monoisotopic (exact) mass is 486 g/mol. The van der Waals surface area contributed by atoms with Gasteiger partial charge in [0.1, 0.15) is 11.6 Å². The number of fused-ring (bicyclic) bond motifs is 1. The molecule has 1 saturated heterocycles. The van der Waals surface area contributed by atoms with Gasteiger partial charge in [-0.1, -0.05) is 60.5 Å². The lowest BCUT2D eigenvalue weighted by Crippen LogP contribution is -2.42. The molecule has 0 saturated carbocycles. The third-order valence-electron chi connectivity index (χ3n) is 5.83. The lowest BCUT2D eigenvalue weighted by atomic mass is 10.1. The molecule has 3 aromatic rings. The average Bonchev–Trinajstić information content (AvgIpc) is 2.84. The minimum absolute atomic E-state index is 0.133. The summed E-state index contributed by atoms with van der Waals surface area (Å²) in [7, 11) is 0. The van der Waals surface area contributed by atoms with Gasteiger partial charge in [0.05, 0.1) is 23.8 Å². The van der Waals surface area contributed by atoms with Crippen LogP contribution in [0.25, 0.3) is 10.9 Å². The Morgan fingerprint density at radius 3 is 2.58 bits per heavy atom. The highest BCUT2D eigenvalue weighted by atomic mass is 35.5. The van der Waals surface area contributed by atoms with Gasteiger partial charge in [-0.05, 0) is 24.1 Å². The molecule has 0 radical (unpaired) electrons. The predicted octanol–water partition coefficient (Wildman–Crippen LogP) is 4.80. The van der Waals surface area contributed by atoms with Crippen molar-refractivity contribution >= 4 is 45.8 Å². The van der Waals surface area contributed by atoms with E-state index in [2.05, 4.69) is 22.0 Å². The van der Waals surface area contributed by atoms with Gasteiger partial charge in [0.15, 0.2) is 0 Å². The third kappa shape index (κ3) is 5.94. The predicted molar refractivity (Wildman–Crippen MR) is 133 cm³/mol. The lowest BCUT2D eigenvalue weighted by Gasteiger charge is -2.29. The van der Waals surface area contributed by atoms with Crippen LogP contribution in [0.3, 0.4) is 0 Å². The first kappa shape index (κ1) is 23.7. The van der Waals surface area contributed by atoms with Crippen molar-refractivity contribution in [2.45, 2.75) is 26.2 Å². The van der Waals surface area contributed by atoms with Gasteiger partial charge in [-0.2, -0.15) is 0 Å². The molecule has 6 nitrogen and oxygen atoms in total. The highest BCUT2D eigenvalue weighted by Gasteiger charge is 2.21. The molecule has 8 heteroatoms. The number of nitrogens with zero attached hydrogens (tertiary/aromatic N) is 4. The zero-order valence-electron chi connectivity index (χ0n) is 18.8. The summed E-state index contributed by atoms with van der Waals surface area (Å²) in [6.45, 7) is 5.75. The van der Waals surface area contributed by atoms with Crippen molar-refractivity contribution < 1.29 is 9.53 Å². The number of benzene rings is 2. The molecule has 2 aromatic carbocycles. The van der Waals surface area contributed by atoms with Crippen LogP contribution in [0.2, 0.25) is 10.0 Å². The first-order valence-electron chi connectivity index (χ1n) is 11.3. The fourth-order valence-corrected chi connectivity index (χ4v) is 4.56. The second kappa shape index (κ2) is 11.1. The Morgan fingerprint density at radius 2 is 1.85 bits per heavy atom. The molecular weight excluding hydrogens is 459 g/mol. The summed E-state index contributed by atoms with van der Waals surface area (Å²) < 4.78 is 5.38. The van der Waals surface area contributed by atoms with E-state index in [-0.39, 0.29) is 5.91 Å². The molecule has 1 fully saturated rings. The van der Waals surface area contributed by atoms with E-state index >= 15 is 0 Å². The van der Waals surface area contributed by atoms with Gasteiger partial charge in [0.25, 0.3) is 0 Å². The van der Waals surface area contributed by atoms with Crippen LogP contribution < -0.4 is 4.90 Å². The highest BCUT2D eigenvalue weighted by Crippen LogP contribution is 2.32. The maximum atomic E-state index is 12.9. The number of carbonyl (C=O) groups is 1. The summed E-state index contributed by atoms with van der Waals surface area (Å²) in [4.78, 5) is 26.4. The van der Waals surface area contributed by atoms with E-state index in [1.807, 2.05) is 36.1 Å². The van der Waals surface area contributed by atoms with E-state index in [1.165, 1.54) is 5.56 Å². The normalized spacial score (nSPS) is 14.0. The number of halogens is 2. The van der Waals surface area contributed by atoms with Gasteiger partial charge in [0, 0.05) is 49.4 Å². The number of aryl methyl sites for hydroxylation is 1. The molecule has 0 unspecified atom stereocenters. The van der Waals surface area contributed by atoms with Crippen LogP contribution in [0.5, 0.6) is 0 Å². The van der Waals surface area contributed by atoms with E-state index in [4.69, 9.17) is 32.9 Å². The molecule has 1 aliphatic rings. The van der Waals surface area contributed by atoms with Gasteiger partial charge in [0.2, 0.25) is 5.91 Å². The molecule has 0 spiro atoms. The Balaban J connectivity index is 1.65. The Hall–Kier alpha value is -2.41. The fraction of sp³-hybridized carbons (Fsp3) is 0.400. The minimum Gasteiger partial charge on any atom is -0.378 e. The average molecular weight is 487 g/mol. The Kier molecular flexibility index (Phi) is 8.02. The Bertz CT molecular complexity index is 1100. The number of aromatic nitrogens is 2. The van der Waals surface area contributed by atoms with Crippen molar-refractivity contribution in [1.29, 1.82) is 0 Å². The number of carbonyl (C=O) groups excluding carboxylic acids is 1. The molecule has 33 heavy (non-hydrogen) atoms. The van der Waals surface area contributed by atoms with Crippen molar-refractivity contribution in [2.75, 3.05) is 44.3 Å². The van der Waals surface area contributed by atoms with Crippen LogP contribution in [0.4, 0.5) is 5.82 Å². The summed E-state index contributed by atoms with van der Waals surface area (Å²) in [5.74, 6) is 1.62. The SMILES string of the molecule is CCc1nc(N(CCC(=O)N2CCOCC2)CCc2ccccc2)c2cc(Cl)cc(Cl)c2n1. The zero-order valence-corrected chi connectivity index (χ0v) is 20.3. The molecular formula is C25H28Cl2N4O2. The quantitative estimate of drug-likeness (QED) is 0.457. The number of hydrogen-bond donors (Lipinski definition) is 0. The fourth-order valence-electron chi connectivity index (χ4n) is 4.02. The maximum Gasteiger partial charge on any atom is 0.224 e. The van der Waals surface area contributed by atoms with Gasteiger partial charge >= 0.3 is 0 Å². The lowest BCUT2D eigenvalue weighted by molar-refractivity contribution is -0.135. The van der Waals surface area contributed by atoms with E-state index < -0.39 is 0 Å². The number of ether oxygens (including phenoxy) is 1. The zero-order chi connectivity index (χ0) is 23.2. The largest absolute Gasteiger partial charge is 0.378 e. The van der Waals surface area contributed by atoms with Gasteiger partial charge in [-0.25, -0.2) is 9.97 Å². The topological polar surface area (TPSA) is 58.6 Å². The van der Waals surface area contributed by atoms with Crippen LogP contribution in [-0.2, 0) is 22.4 Å². The highest BCUT2D eigenvalue weighted by molar-refractivity contribution is 6.38. The molecule has 0 atom stereocenters. The number of rotatable bonds is 8. The molecule has 174 valence electrons. The second-order valence-corrected chi connectivity index (χ2v) is 8.91. The van der Waals surface area contributed by atoms with Crippen molar-refractivity contribution in [3.8, 4) is 0 Å². The smallest absolute Gasteiger partial charge is 0.224 e. The van der Waals surface area contributed by atoms with Crippen molar-refractivity contribution in [3.05, 3.63) is 63.9 Å². The molecule has 0 aliphatic carbocycles. The third-order valence-corrected chi connectivity index (χ3v) is 6.34. The van der Waals surface area contributed by atoms with E-state index in [1.54, 1.807) is 6.07 Å². The molecule has 0 bridgehead atoms. The summed E-state index contributed by atoms with van der Waals surface area (Å²) in [6, 6.07) is 13.9. The maximum absolute atomic E-state index is 12.9. The molecule has 1 amide bonds. The number of amides is 1. The van der Waals surface area contributed by atoms with E-state index in [0.29, 0.717) is 73.6 Å². The van der Waals surface area contributed by atoms with E-state index in [0.717, 1.165) is 17.6 Å². The summed E-state index contributed by atoms with van der Waals surface area (Å²) in [5.41, 5.74) is 1.92. The Morgan fingerprint density at radius 1 is 1.09 bits per heavy atom. The molecule has 0 N–H and O–H groups in total. The standard InChI is InChI=1S/C25H28Cl2N4O2/c1-2-22-28-24-20(16-19(26)17-21(24)27)25(29-22)31(10-8-18-6-4-3-5-7-18)11-9-23(32)30-12-14-33-15-13-30/h3-7,16-17H,2,8-15H2,1H3. The second-order valence-electron chi connectivity index (χ2n) is 8.07. The number of morpholine rings is 1. The van der Waals surface area contributed by atoms with Gasteiger partial charge in [-0.3, -0.25) is 4.79 Å². The summed E-state index contributed by atoms with van der Waals surface area (Å²) in [5, 5.41) is 1.84. The first-order valence-corrected chi connectivity index (χ1v) is 12.1. The van der Waals surface area contributed by atoms with Crippen LogP contribution in [0.1, 0.15) is 24.7 Å². The van der Waals surface area contributed by atoms with Crippen LogP contribution in [0.15, 0.2) is 42.5 Å². The van der Waals surface area contributed by atoms with Crippen LogP contribution >= 0.6 is 23.2 Å². The first-order chi connectivity index (χ1) is 16.0. The number of hydrogen-bond acceptors (Lipinski definition) is 5. The van der Waals surface area contributed by atoms with Crippen molar-refractivity contribution in [2.24, 2.45) is 0 Å². The Labute approximate surface area is 204 Å². The van der Waals surface area contributed by atoms with E-state index in [9.17, 15) is 4.79 Å². The molecule has 2 heterocycles.